The van der Waals surface area contributed by atoms with Gasteiger partial charge in [0.2, 0.25) is 0 Å². The molecule has 5 heteroatoms. The largest absolute Gasteiger partial charge is 0.450 e. The van der Waals surface area contributed by atoms with Crippen molar-refractivity contribution in [2.45, 2.75) is 38.1 Å². The molecule has 1 amide bonds. The molecule has 0 saturated heterocycles. The van der Waals surface area contributed by atoms with Crippen LogP contribution in [-0.4, -0.2) is 24.2 Å². The highest BCUT2D eigenvalue weighted by Crippen LogP contribution is 2.40. The summed E-state index contributed by atoms with van der Waals surface area (Å²) in [5, 5.41) is 3.38. The number of primary amides is 1. The molecule has 3 N–H and O–H groups in total. The molecular formula is C14H21N3O2. The molecule has 1 aliphatic rings. The maximum atomic E-state index is 10.4. The molecule has 1 aromatic heterocycles. The number of carbonyl (C=O) groups excluding carboxylic acids is 1. The van der Waals surface area contributed by atoms with Crippen molar-refractivity contribution < 1.29 is 9.53 Å². The molecular weight excluding hydrogens is 242 g/mol. The van der Waals surface area contributed by atoms with Crippen LogP contribution >= 0.6 is 0 Å². The van der Waals surface area contributed by atoms with E-state index in [4.69, 9.17) is 5.73 Å². The van der Waals surface area contributed by atoms with Crippen LogP contribution in [0.3, 0.4) is 0 Å². The Morgan fingerprint density at radius 1 is 1.47 bits per heavy atom. The summed E-state index contributed by atoms with van der Waals surface area (Å²) in [6.45, 7) is 2.10. The number of ether oxygens (including phenoxy) is 1. The van der Waals surface area contributed by atoms with Crippen molar-refractivity contribution in [2.75, 3.05) is 13.2 Å². The van der Waals surface area contributed by atoms with Crippen LogP contribution in [0.4, 0.5) is 4.79 Å². The summed E-state index contributed by atoms with van der Waals surface area (Å²) in [6.07, 6.45) is 5.53. The number of amides is 1. The Morgan fingerprint density at radius 3 is 3.05 bits per heavy atom. The van der Waals surface area contributed by atoms with E-state index in [1.54, 1.807) is 0 Å². The van der Waals surface area contributed by atoms with Gasteiger partial charge in [-0.3, -0.25) is 4.98 Å². The molecule has 1 heterocycles. The zero-order chi connectivity index (χ0) is 13.5. The van der Waals surface area contributed by atoms with Gasteiger partial charge in [0.1, 0.15) is 0 Å². The van der Waals surface area contributed by atoms with Crippen molar-refractivity contribution >= 4 is 6.09 Å². The van der Waals surface area contributed by atoms with E-state index < -0.39 is 6.09 Å². The summed E-state index contributed by atoms with van der Waals surface area (Å²) in [4.78, 5) is 14.8. The molecule has 19 heavy (non-hydrogen) atoms. The van der Waals surface area contributed by atoms with Crippen LogP contribution < -0.4 is 11.1 Å². The summed E-state index contributed by atoms with van der Waals surface area (Å²) in [6, 6.07) is 4.20. The first kappa shape index (κ1) is 13.8. The van der Waals surface area contributed by atoms with E-state index in [1.807, 2.05) is 12.3 Å². The SMILES string of the molecule is NC(=O)OCCCCNCc1ncccc1C1CC1. The van der Waals surface area contributed by atoms with Crippen molar-refractivity contribution in [3.8, 4) is 0 Å². The minimum atomic E-state index is -0.699. The van der Waals surface area contributed by atoms with Gasteiger partial charge in [-0.2, -0.15) is 0 Å². The van der Waals surface area contributed by atoms with Crippen LogP contribution in [0, 0.1) is 0 Å². The fourth-order valence-corrected chi connectivity index (χ4v) is 2.10. The molecule has 0 aliphatic heterocycles. The zero-order valence-corrected chi connectivity index (χ0v) is 11.1. The normalized spacial score (nSPS) is 14.3. The molecule has 0 unspecified atom stereocenters. The minimum absolute atomic E-state index is 0.397. The highest BCUT2D eigenvalue weighted by Gasteiger charge is 2.25. The molecule has 1 fully saturated rings. The summed E-state index contributed by atoms with van der Waals surface area (Å²) in [5.74, 6) is 0.731. The van der Waals surface area contributed by atoms with Crippen LogP contribution in [0.5, 0.6) is 0 Å². The number of nitrogens with two attached hydrogens (primary N) is 1. The summed E-state index contributed by atoms with van der Waals surface area (Å²) < 4.78 is 4.66. The van der Waals surface area contributed by atoms with Crippen LogP contribution in [0.15, 0.2) is 18.3 Å². The lowest BCUT2D eigenvalue weighted by molar-refractivity contribution is 0.154. The molecule has 0 bridgehead atoms. The van der Waals surface area contributed by atoms with Gasteiger partial charge in [-0.15, -0.1) is 0 Å². The predicted molar refractivity (Wildman–Crippen MR) is 72.7 cm³/mol. The maximum absolute atomic E-state index is 10.4. The maximum Gasteiger partial charge on any atom is 0.404 e. The molecule has 1 saturated carbocycles. The van der Waals surface area contributed by atoms with E-state index in [9.17, 15) is 4.79 Å². The second-order valence-corrected chi connectivity index (χ2v) is 4.86. The fourth-order valence-electron chi connectivity index (χ4n) is 2.10. The Bertz CT molecular complexity index is 419. The molecule has 2 rings (SSSR count). The zero-order valence-electron chi connectivity index (χ0n) is 11.1. The van der Waals surface area contributed by atoms with Crippen LogP contribution in [-0.2, 0) is 11.3 Å². The number of nitrogens with one attached hydrogen (secondary N) is 1. The monoisotopic (exact) mass is 263 g/mol. The van der Waals surface area contributed by atoms with Gasteiger partial charge in [0.15, 0.2) is 0 Å². The Hall–Kier alpha value is -1.62. The fraction of sp³-hybridized carbons (Fsp3) is 0.571. The van der Waals surface area contributed by atoms with Crippen molar-refractivity contribution in [1.82, 2.24) is 10.3 Å². The number of pyridine rings is 1. The number of rotatable bonds is 8. The van der Waals surface area contributed by atoms with Gasteiger partial charge >= 0.3 is 6.09 Å². The van der Waals surface area contributed by atoms with Gasteiger partial charge in [0.25, 0.3) is 0 Å². The molecule has 0 atom stereocenters. The van der Waals surface area contributed by atoms with E-state index in [0.29, 0.717) is 6.61 Å². The van der Waals surface area contributed by atoms with Gasteiger partial charge in [0, 0.05) is 12.7 Å². The van der Waals surface area contributed by atoms with E-state index >= 15 is 0 Å². The van der Waals surface area contributed by atoms with Gasteiger partial charge < -0.3 is 15.8 Å². The number of nitrogens with zero attached hydrogens (tertiary/aromatic N) is 1. The third kappa shape index (κ3) is 4.87. The van der Waals surface area contributed by atoms with E-state index in [-0.39, 0.29) is 0 Å². The first-order chi connectivity index (χ1) is 9.27. The van der Waals surface area contributed by atoms with Gasteiger partial charge in [-0.1, -0.05) is 6.07 Å². The lowest BCUT2D eigenvalue weighted by Crippen LogP contribution is -2.18. The lowest BCUT2D eigenvalue weighted by atomic mass is 10.1. The van der Waals surface area contributed by atoms with Crippen molar-refractivity contribution in [1.29, 1.82) is 0 Å². The Balaban J connectivity index is 1.62. The summed E-state index contributed by atoms with van der Waals surface area (Å²) in [7, 11) is 0. The van der Waals surface area contributed by atoms with Crippen molar-refractivity contribution in [3.63, 3.8) is 0 Å². The van der Waals surface area contributed by atoms with E-state index in [2.05, 4.69) is 21.1 Å². The smallest absolute Gasteiger partial charge is 0.404 e. The predicted octanol–water partition coefficient (Wildman–Crippen LogP) is 1.92. The molecule has 1 aliphatic carbocycles. The molecule has 104 valence electrons. The lowest BCUT2D eigenvalue weighted by Gasteiger charge is -2.08. The first-order valence-electron chi connectivity index (χ1n) is 6.84. The molecule has 0 spiro atoms. The van der Waals surface area contributed by atoms with Crippen molar-refractivity contribution in [2.24, 2.45) is 5.73 Å². The van der Waals surface area contributed by atoms with Gasteiger partial charge in [-0.25, -0.2) is 4.79 Å². The molecule has 0 aromatic carbocycles. The van der Waals surface area contributed by atoms with Crippen LogP contribution in [0.2, 0.25) is 0 Å². The highest BCUT2D eigenvalue weighted by molar-refractivity contribution is 5.64. The molecule has 0 radical (unpaired) electrons. The van der Waals surface area contributed by atoms with Gasteiger partial charge in [-0.05, 0) is 49.8 Å². The van der Waals surface area contributed by atoms with Crippen LogP contribution in [0.25, 0.3) is 0 Å². The quantitative estimate of drug-likeness (QED) is 0.702. The second-order valence-electron chi connectivity index (χ2n) is 4.86. The van der Waals surface area contributed by atoms with Gasteiger partial charge in [0.05, 0.1) is 12.3 Å². The average Bonchev–Trinajstić information content (AvgIpc) is 3.22. The van der Waals surface area contributed by atoms with E-state index in [0.717, 1.165) is 31.8 Å². The number of aromatic nitrogens is 1. The Morgan fingerprint density at radius 2 is 2.32 bits per heavy atom. The standard InChI is InChI=1S/C14H21N3O2/c15-14(18)19-9-2-1-7-16-10-13-12(11-5-6-11)4-3-8-17-13/h3-4,8,11,16H,1-2,5-7,9-10H2,(H2,15,18). The molecule has 1 aromatic rings. The van der Waals surface area contributed by atoms with E-state index in [1.165, 1.54) is 24.1 Å². The number of hydrogen-bond acceptors (Lipinski definition) is 4. The average molecular weight is 263 g/mol. The Kier molecular flexibility index (Phi) is 5.15. The summed E-state index contributed by atoms with van der Waals surface area (Å²) >= 11 is 0. The minimum Gasteiger partial charge on any atom is -0.450 e. The van der Waals surface area contributed by atoms with Crippen molar-refractivity contribution in [3.05, 3.63) is 29.6 Å². The first-order valence-corrected chi connectivity index (χ1v) is 6.84. The number of hydrogen-bond donors (Lipinski definition) is 2. The topological polar surface area (TPSA) is 77.2 Å². The number of unbranched alkanes of at least 4 members (excludes halogenated alkanes) is 1. The van der Waals surface area contributed by atoms with Crippen LogP contribution in [0.1, 0.15) is 42.9 Å². The molecule has 5 nitrogen and oxygen atoms in total. The highest BCUT2D eigenvalue weighted by atomic mass is 16.5. The summed E-state index contributed by atoms with van der Waals surface area (Å²) in [5.41, 5.74) is 7.44. The Labute approximate surface area is 113 Å². The third-order valence-electron chi connectivity index (χ3n) is 3.23. The second kappa shape index (κ2) is 7.09. The third-order valence-corrected chi connectivity index (χ3v) is 3.23. The number of carbonyl (C=O) groups is 1.